The van der Waals surface area contributed by atoms with Gasteiger partial charge in [-0.05, 0) is 61.4 Å². The van der Waals surface area contributed by atoms with E-state index in [1.807, 2.05) is 0 Å². The number of amides is 2. The number of aliphatic hydroxyl groups is 1. The van der Waals surface area contributed by atoms with Crippen LogP contribution in [0.4, 0.5) is 5.69 Å². The molecule has 0 aliphatic rings. The van der Waals surface area contributed by atoms with Gasteiger partial charge in [0.05, 0.1) is 6.04 Å². The van der Waals surface area contributed by atoms with E-state index in [1.165, 1.54) is 0 Å². The second kappa shape index (κ2) is 14.2. The number of carbonyl (C=O) groups is 3. The Morgan fingerprint density at radius 3 is 2.08 bits per heavy atom. The number of hydrogen-bond donors (Lipinski definition) is 7. The first-order chi connectivity index (χ1) is 17.2. The van der Waals surface area contributed by atoms with Gasteiger partial charge in [-0.1, -0.05) is 11.8 Å². The fraction of sp³-hybridized carbons (Fsp3) is 0.280. The highest BCUT2D eigenvalue weighted by atomic mass is 16.3. The van der Waals surface area contributed by atoms with Crippen molar-refractivity contribution in [2.45, 2.75) is 24.9 Å². The number of hydrogen-bond acceptors (Lipinski definition) is 7. The highest BCUT2D eigenvalue weighted by Gasteiger charge is 2.19. The van der Waals surface area contributed by atoms with Crippen molar-refractivity contribution in [3.05, 3.63) is 65.2 Å². The zero-order chi connectivity index (χ0) is 26.5. The normalized spacial score (nSPS) is 11.9. The fourth-order valence-electron chi connectivity index (χ4n) is 2.99. The number of guanidine groups is 1. The zero-order valence-electron chi connectivity index (χ0n) is 19.7. The zero-order valence-corrected chi connectivity index (χ0v) is 19.7. The lowest BCUT2D eigenvalue weighted by Gasteiger charge is -2.14. The van der Waals surface area contributed by atoms with E-state index >= 15 is 0 Å². The molecule has 0 aromatic heterocycles. The van der Waals surface area contributed by atoms with Gasteiger partial charge in [-0.3, -0.25) is 19.4 Å². The summed E-state index contributed by atoms with van der Waals surface area (Å²) in [5.41, 5.74) is 24.2. The molecule has 11 nitrogen and oxygen atoms in total. The van der Waals surface area contributed by atoms with E-state index in [0.29, 0.717) is 36.2 Å². The van der Waals surface area contributed by atoms with Crippen LogP contribution in [0.2, 0.25) is 0 Å². The van der Waals surface area contributed by atoms with Crippen molar-refractivity contribution in [2.24, 2.45) is 27.9 Å². The second-order valence-electron chi connectivity index (χ2n) is 7.84. The van der Waals surface area contributed by atoms with Gasteiger partial charge in [0, 0.05) is 35.5 Å². The van der Waals surface area contributed by atoms with Crippen LogP contribution in [-0.4, -0.2) is 60.4 Å². The van der Waals surface area contributed by atoms with Crippen LogP contribution in [0.15, 0.2) is 53.5 Å². The summed E-state index contributed by atoms with van der Waals surface area (Å²) in [6, 6.07) is 11.9. The lowest BCUT2D eigenvalue weighted by molar-refractivity contribution is -0.123. The number of nitrogens with one attached hydrogen (secondary N) is 2. The summed E-state index contributed by atoms with van der Waals surface area (Å²) >= 11 is 0. The summed E-state index contributed by atoms with van der Waals surface area (Å²) in [5, 5.41) is 14.2. The van der Waals surface area contributed by atoms with E-state index in [2.05, 4.69) is 27.5 Å². The lowest BCUT2D eigenvalue weighted by atomic mass is 10.1. The van der Waals surface area contributed by atoms with E-state index in [0.717, 1.165) is 5.56 Å². The van der Waals surface area contributed by atoms with E-state index in [4.69, 9.17) is 28.0 Å². The first-order valence-electron chi connectivity index (χ1n) is 11.2. The molecule has 2 amide bonds. The second-order valence-corrected chi connectivity index (χ2v) is 7.84. The van der Waals surface area contributed by atoms with E-state index in [9.17, 15) is 14.4 Å². The summed E-state index contributed by atoms with van der Waals surface area (Å²) in [6.07, 6.45) is 1.03. The van der Waals surface area contributed by atoms with Gasteiger partial charge in [0.2, 0.25) is 5.91 Å². The minimum absolute atomic E-state index is 0.00527. The summed E-state index contributed by atoms with van der Waals surface area (Å²) < 4.78 is 0. The van der Waals surface area contributed by atoms with Gasteiger partial charge >= 0.3 is 0 Å². The van der Waals surface area contributed by atoms with Crippen LogP contribution >= 0.6 is 0 Å². The summed E-state index contributed by atoms with van der Waals surface area (Å²) in [5.74, 6) is 4.68. The molecule has 2 rings (SSSR count). The van der Waals surface area contributed by atoms with E-state index < -0.39 is 30.4 Å². The van der Waals surface area contributed by atoms with Crippen LogP contribution in [0.1, 0.15) is 34.3 Å². The Morgan fingerprint density at radius 1 is 0.972 bits per heavy atom. The number of benzene rings is 2. The molecule has 36 heavy (non-hydrogen) atoms. The van der Waals surface area contributed by atoms with Crippen molar-refractivity contribution in [3.63, 3.8) is 0 Å². The number of nitrogens with zero attached hydrogens (tertiary/aromatic N) is 1. The number of rotatable bonds is 11. The molecule has 0 aliphatic carbocycles. The molecular formula is C25H31N7O4. The third kappa shape index (κ3) is 9.19. The fourth-order valence-corrected chi connectivity index (χ4v) is 2.99. The SMILES string of the molecule is NC[C@H](NC(=O)c1ccc(C#Cc2ccc(NC(=O)[C@@H](N)CCCN=C(N)N)cc2)cc1)C(=O)CO. The Bertz CT molecular complexity index is 1130. The maximum Gasteiger partial charge on any atom is 0.251 e. The molecule has 2 aromatic rings. The number of carbonyl (C=O) groups excluding carboxylic acids is 3. The number of nitrogens with two attached hydrogens (primary N) is 4. The molecule has 11 heteroatoms. The predicted molar refractivity (Wildman–Crippen MR) is 138 cm³/mol. The Hall–Kier alpha value is -4.24. The van der Waals surface area contributed by atoms with Crippen LogP contribution in [0.3, 0.4) is 0 Å². The predicted octanol–water partition coefficient (Wildman–Crippen LogP) is -0.976. The Balaban J connectivity index is 1.91. The maximum absolute atomic E-state index is 12.3. The number of anilines is 1. The molecule has 0 bridgehead atoms. The maximum atomic E-state index is 12.3. The van der Waals surface area contributed by atoms with Gasteiger partial charge in [-0.25, -0.2) is 0 Å². The van der Waals surface area contributed by atoms with Crippen LogP contribution < -0.4 is 33.6 Å². The third-order valence-corrected chi connectivity index (χ3v) is 5.04. The summed E-state index contributed by atoms with van der Waals surface area (Å²) in [6.45, 7) is -0.392. The van der Waals surface area contributed by atoms with Crippen LogP contribution in [0.25, 0.3) is 0 Å². The molecule has 0 spiro atoms. The first kappa shape index (κ1) is 28.0. The minimum atomic E-state index is -0.943. The lowest BCUT2D eigenvalue weighted by Crippen LogP contribution is -2.46. The quantitative estimate of drug-likeness (QED) is 0.0892. The van der Waals surface area contributed by atoms with Crippen LogP contribution in [-0.2, 0) is 9.59 Å². The Morgan fingerprint density at radius 2 is 1.56 bits per heavy atom. The number of aliphatic imine (C=N–C) groups is 1. The summed E-state index contributed by atoms with van der Waals surface area (Å²) in [4.78, 5) is 39.9. The topological polar surface area (TPSA) is 212 Å². The monoisotopic (exact) mass is 493 g/mol. The van der Waals surface area contributed by atoms with Gasteiger partial charge in [0.15, 0.2) is 11.7 Å². The highest BCUT2D eigenvalue weighted by Crippen LogP contribution is 2.11. The number of ketones is 1. The summed E-state index contributed by atoms with van der Waals surface area (Å²) in [7, 11) is 0. The average Bonchev–Trinajstić information content (AvgIpc) is 2.88. The van der Waals surface area contributed by atoms with Crippen molar-refractivity contribution >= 4 is 29.2 Å². The van der Waals surface area contributed by atoms with Gasteiger partial charge in [0.25, 0.3) is 5.91 Å². The smallest absolute Gasteiger partial charge is 0.251 e. The number of aliphatic hydroxyl groups excluding tert-OH is 1. The first-order valence-corrected chi connectivity index (χ1v) is 11.2. The van der Waals surface area contributed by atoms with Gasteiger partial charge in [-0.2, -0.15) is 0 Å². The van der Waals surface area contributed by atoms with Gasteiger partial charge < -0.3 is 38.7 Å². The standard InChI is InChI=1S/C25H31N7O4/c26-14-21(22(34)15-33)32-23(35)18-9-5-16(6-10-18)3-4-17-7-11-19(12-8-17)31-24(36)20(27)2-1-13-30-25(28)29/h5-12,20-21,33H,1-2,13-15,26-27H2,(H,31,36)(H,32,35)(H4,28,29,30)/t20-,21-/m0/s1. The van der Waals surface area contributed by atoms with Crippen molar-refractivity contribution in [1.82, 2.24) is 5.32 Å². The van der Waals surface area contributed by atoms with Gasteiger partial charge in [0.1, 0.15) is 12.6 Å². The van der Waals surface area contributed by atoms with Crippen LogP contribution in [0, 0.1) is 11.8 Å². The molecule has 0 unspecified atom stereocenters. The van der Waals surface area contributed by atoms with E-state index in [-0.39, 0.29) is 18.4 Å². The number of Topliss-reactive ketones (excluding diaryl/α,β-unsaturated/α-hetero) is 1. The molecule has 2 atom stereocenters. The molecule has 11 N–H and O–H groups in total. The van der Waals surface area contributed by atoms with Crippen LogP contribution in [0.5, 0.6) is 0 Å². The molecule has 0 radical (unpaired) electrons. The molecule has 2 aromatic carbocycles. The van der Waals surface area contributed by atoms with Gasteiger partial charge in [-0.15, -0.1) is 0 Å². The van der Waals surface area contributed by atoms with Crippen molar-refractivity contribution < 1.29 is 19.5 Å². The highest BCUT2D eigenvalue weighted by molar-refractivity contribution is 5.98. The van der Waals surface area contributed by atoms with Crippen molar-refractivity contribution in [1.29, 1.82) is 0 Å². The molecule has 190 valence electrons. The molecule has 0 fully saturated rings. The van der Waals surface area contributed by atoms with E-state index in [1.54, 1.807) is 48.5 Å². The third-order valence-electron chi connectivity index (χ3n) is 5.04. The molecular weight excluding hydrogens is 462 g/mol. The largest absolute Gasteiger partial charge is 0.388 e. The Kier molecular flexibility index (Phi) is 11.1. The van der Waals surface area contributed by atoms with Crippen molar-refractivity contribution in [2.75, 3.05) is 25.0 Å². The molecule has 0 saturated heterocycles. The Labute approximate surface area is 209 Å². The molecule has 0 aliphatic heterocycles. The average molecular weight is 494 g/mol. The molecule has 0 heterocycles. The van der Waals surface area contributed by atoms with Crippen molar-refractivity contribution in [3.8, 4) is 11.8 Å². The minimum Gasteiger partial charge on any atom is -0.388 e. The molecule has 0 saturated carbocycles.